The molecule has 0 saturated carbocycles. The molecular weight excluding hydrogens is 380 g/mol. The third-order valence-electron chi connectivity index (χ3n) is 4.16. The van der Waals surface area contributed by atoms with Crippen LogP contribution in [-0.2, 0) is 9.53 Å². The SMILES string of the molecule is CC(=O)Oc1c(O)c2ccc(O[C@@H]3O[C@H](CO)[C@H](O)[C@H](O)[C@H]3O)cc2oc1=O. The van der Waals surface area contributed by atoms with Gasteiger partial charge in [0.2, 0.25) is 6.29 Å². The van der Waals surface area contributed by atoms with E-state index in [1.54, 1.807) is 0 Å². The van der Waals surface area contributed by atoms with Crippen molar-refractivity contribution in [2.45, 2.75) is 37.6 Å². The van der Waals surface area contributed by atoms with Crippen LogP contribution in [0.25, 0.3) is 11.0 Å². The highest BCUT2D eigenvalue weighted by Gasteiger charge is 2.44. The Morgan fingerprint density at radius 2 is 1.89 bits per heavy atom. The van der Waals surface area contributed by atoms with Crippen molar-refractivity contribution >= 4 is 16.9 Å². The van der Waals surface area contributed by atoms with Crippen LogP contribution in [0.4, 0.5) is 0 Å². The van der Waals surface area contributed by atoms with Crippen molar-refractivity contribution in [3.63, 3.8) is 0 Å². The molecule has 1 saturated heterocycles. The Bertz CT molecular complexity index is 935. The van der Waals surface area contributed by atoms with Gasteiger partial charge in [0.15, 0.2) is 5.75 Å². The van der Waals surface area contributed by atoms with Crippen LogP contribution in [0.3, 0.4) is 0 Å². The van der Waals surface area contributed by atoms with Crippen molar-refractivity contribution in [2.75, 3.05) is 6.61 Å². The summed E-state index contributed by atoms with van der Waals surface area (Å²) in [6.07, 6.45) is -7.37. The van der Waals surface area contributed by atoms with Gasteiger partial charge in [-0.2, -0.15) is 0 Å². The van der Waals surface area contributed by atoms with Gasteiger partial charge in [0.25, 0.3) is 5.75 Å². The second-order valence-electron chi connectivity index (χ2n) is 6.13. The summed E-state index contributed by atoms with van der Waals surface area (Å²) < 4.78 is 20.3. The number of aliphatic hydroxyl groups is 4. The first kappa shape index (κ1) is 20.0. The van der Waals surface area contributed by atoms with Gasteiger partial charge in [0.1, 0.15) is 35.7 Å². The van der Waals surface area contributed by atoms with Crippen LogP contribution in [0.2, 0.25) is 0 Å². The smallest absolute Gasteiger partial charge is 0.383 e. The Morgan fingerprint density at radius 3 is 2.54 bits per heavy atom. The fourth-order valence-electron chi connectivity index (χ4n) is 2.75. The van der Waals surface area contributed by atoms with Crippen LogP contribution in [0, 0.1) is 0 Å². The molecule has 0 bridgehead atoms. The number of esters is 1. The van der Waals surface area contributed by atoms with Gasteiger partial charge in [-0.25, -0.2) is 4.79 Å². The Labute approximate surface area is 156 Å². The molecule has 1 aromatic carbocycles. The number of aromatic hydroxyl groups is 1. The van der Waals surface area contributed by atoms with E-state index in [1.165, 1.54) is 18.2 Å². The molecule has 5 atom stereocenters. The van der Waals surface area contributed by atoms with E-state index in [0.29, 0.717) is 0 Å². The van der Waals surface area contributed by atoms with Gasteiger partial charge in [-0.1, -0.05) is 0 Å². The summed E-state index contributed by atoms with van der Waals surface area (Å²) in [5.74, 6) is -2.03. The highest BCUT2D eigenvalue weighted by Crippen LogP contribution is 2.34. The average molecular weight is 398 g/mol. The lowest BCUT2D eigenvalue weighted by Gasteiger charge is -2.39. The molecular formula is C17H18O11. The number of hydrogen-bond acceptors (Lipinski definition) is 11. The van der Waals surface area contributed by atoms with Gasteiger partial charge >= 0.3 is 11.6 Å². The predicted molar refractivity (Wildman–Crippen MR) is 89.9 cm³/mol. The van der Waals surface area contributed by atoms with Crippen LogP contribution in [-0.4, -0.2) is 68.8 Å². The highest BCUT2D eigenvalue weighted by molar-refractivity contribution is 5.87. The summed E-state index contributed by atoms with van der Waals surface area (Å²) >= 11 is 0. The monoisotopic (exact) mass is 398 g/mol. The minimum Gasteiger partial charge on any atom is -0.504 e. The zero-order valence-electron chi connectivity index (χ0n) is 14.5. The molecule has 2 heterocycles. The number of carbonyl (C=O) groups is 1. The Morgan fingerprint density at radius 1 is 1.18 bits per heavy atom. The number of hydrogen-bond donors (Lipinski definition) is 5. The average Bonchev–Trinajstić information content (AvgIpc) is 2.65. The molecule has 1 aromatic heterocycles. The number of benzene rings is 1. The van der Waals surface area contributed by atoms with Crippen molar-refractivity contribution in [1.29, 1.82) is 0 Å². The second-order valence-corrected chi connectivity index (χ2v) is 6.13. The largest absolute Gasteiger partial charge is 0.504 e. The minimum atomic E-state index is -1.62. The molecule has 0 amide bonds. The Kier molecular flexibility index (Phi) is 5.54. The molecule has 0 unspecified atom stereocenters. The maximum absolute atomic E-state index is 11.9. The summed E-state index contributed by atoms with van der Waals surface area (Å²) in [7, 11) is 0. The first-order valence-electron chi connectivity index (χ1n) is 8.18. The highest BCUT2D eigenvalue weighted by atomic mass is 16.7. The third kappa shape index (κ3) is 3.66. The molecule has 11 nitrogen and oxygen atoms in total. The molecule has 11 heteroatoms. The molecule has 1 aliphatic rings. The van der Waals surface area contributed by atoms with Gasteiger partial charge < -0.3 is 44.2 Å². The molecule has 3 rings (SSSR count). The number of carbonyl (C=O) groups excluding carboxylic acids is 1. The molecule has 5 N–H and O–H groups in total. The fraction of sp³-hybridized carbons (Fsp3) is 0.412. The van der Waals surface area contributed by atoms with Crippen LogP contribution < -0.4 is 15.1 Å². The molecule has 28 heavy (non-hydrogen) atoms. The fourth-order valence-corrected chi connectivity index (χ4v) is 2.75. The van der Waals surface area contributed by atoms with Crippen molar-refractivity contribution in [1.82, 2.24) is 0 Å². The predicted octanol–water partition coefficient (Wildman–Crippen LogP) is -1.40. The summed E-state index contributed by atoms with van der Waals surface area (Å²) in [5, 5.41) is 48.9. The standard InChI is InChI=1S/C17H18O11/c1-6(19)25-15-11(20)8-3-2-7(4-9(8)27-16(15)24)26-17-14(23)13(22)12(21)10(5-18)28-17/h2-4,10,12-14,17-18,20-23H,5H2,1H3/t10-,12+,13+,14-,17-/m1/s1. The van der Waals surface area contributed by atoms with Crippen molar-refractivity contribution < 1.29 is 49.0 Å². The van der Waals surface area contributed by atoms with E-state index in [0.717, 1.165) is 6.92 Å². The van der Waals surface area contributed by atoms with Crippen LogP contribution in [0.15, 0.2) is 27.4 Å². The third-order valence-corrected chi connectivity index (χ3v) is 4.16. The summed E-state index contributed by atoms with van der Waals surface area (Å²) in [6, 6.07) is 3.84. The van der Waals surface area contributed by atoms with Gasteiger partial charge in [-0.15, -0.1) is 0 Å². The molecule has 0 aliphatic carbocycles. The second kappa shape index (κ2) is 7.73. The maximum atomic E-state index is 11.9. The number of aliphatic hydroxyl groups excluding tert-OH is 4. The molecule has 152 valence electrons. The first-order chi connectivity index (χ1) is 13.2. The lowest BCUT2D eigenvalue weighted by atomic mass is 9.99. The summed E-state index contributed by atoms with van der Waals surface area (Å²) in [6.45, 7) is 0.435. The van der Waals surface area contributed by atoms with E-state index in [4.69, 9.17) is 13.9 Å². The Balaban J connectivity index is 1.90. The quantitative estimate of drug-likeness (QED) is 0.302. The van der Waals surface area contributed by atoms with Gasteiger partial charge in [-0.3, -0.25) is 4.79 Å². The van der Waals surface area contributed by atoms with E-state index in [9.17, 15) is 35.1 Å². The molecule has 1 fully saturated rings. The van der Waals surface area contributed by atoms with Crippen LogP contribution in [0.5, 0.6) is 17.2 Å². The molecule has 0 radical (unpaired) electrons. The minimum absolute atomic E-state index is 0.0274. The normalized spacial score (nSPS) is 27.5. The zero-order valence-corrected chi connectivity index (χ0v) is 14.5. The van der Waals surface area contributed by atoms with E-state index in [1.807, 2.05) is 0 Å². The molecule has 0 spiro atoms. The number of fused-ring (bicyclic) bond motifs is 1. The van der Waals surface area contributed by atoms with Crippen molar-refractivity contribution in [2.24, 2.45) is 0 Å². The van der Waals surface area contributed by atoms with Gasteiger partial charge in [-0.05, 0) is 12.1 Å². The topological polar surface area (TPSA) is 176 Å². The molecule has 1 aliphatic heterocycles. The van der Waals surface area contributed by atoms with E-state index in [2.05, 4.69) is 4.74 Å². The zero-order chi connectivity index (χ0) is 20.6. The van der Waals surface area contributed by atoms with Crippen LogP contribution >= 0.6 is 0 Å². The Hall–Kier alpha value is -2.70. The number of rotatable bonds is 4. The van der Waals surface area contributed by atoms with Crippen LogP contribution in [0.1, 0.15) is 6.92 Å². The summed E-state index contributed by atoms with van der Waals surface area (Å²) in [4.78, 5) is 22.9. The lowest BCUT2D eigenvalue weighted by molar-refractivity contribution is -0.277. The molecule has 2 aromatic rings. The first-order valence-corrected chi connectivity index (χ1v) is 8.18. The van der Waals surface area contributed by atoms with E-state index >= 15 is 0 Å². The summed E-state index contributed by atoms with van der Waals surface area (Å²) in [5.41, 5.74) is -1.20. The van der Waals surface area contributed by atoms with Gasteiger partial charge in [0.05, 0.1) is 12.0 Å². The van der Waals surface area contributed by atoms with E-state index < -0.39 is 60.4 Å². The van der Waals surface area contributed by atoms with Crippen molar-refractivity contribution in [3.8, 4) is 17.2 Å². The number of ether oxygens (including phenoxy) is 3. The van der Waals surface area contributed by atoms with Crippen molar-refractivity contribution in [3.05, 3.63) is 28.6 Å². The lowest BCUT2D eigenvalue weighted by Crippen LogP contribution is -2.60. The maximum Gasteiger partial charge on any atom is 0.383 e. The van der Waals surface area contributed by atoms with Gasteiger partial charge in [0, 0.05) is 13.0 Å². The van der Waals surface area contributed by atoms with E-state index in [-0.39, 0.29) is 16.7 Å².